The summed E-state index contributed by atoms with van der Waals surface area (Å²) in [4.78, 5) is 11.2. The summed E-state index contributed by atoms with van der Waals surface area (Å²) in [5, 5.41) is 0.531. The van der Waals surface area contributed by atoms with Crippen LogP contribution in [-0.4, -0.2) is 12.6 Å². The normalized spacial score (nSPS) is 11.3. The summed E-state index contributed by atoms with van der Waals surface area (Å²) >= 11 is 11.7. The molecule has 2 rings (SSSR count). The third kappa shape index (κ3) is 3.68. The number of benzene rings is 2. The van der Waals surface area contributed by atoms with E-state index in [2.05, 4.69) is 4.74 Å². The van der Waals surface area contributed by atoms with Gasteiger partial charge in [0.05, 0.1) is 15.6 Å². The Morgan fingerprint density at radius 2 is 1.76 bits per heavy atom. The monoisotopic (exact) mass is 334 g/mol. The Bertz CT molecular complexity index is 684. The summed E-state index contributed by atoms with van der Waals surface area (Å²) in [5.41, 5.74) is 0.512. The molecule has 7 heteroatoms. The van der Waals surface area contributed by atoms with Crippen LogP contribution in [0.5, 0.6) is 5.75 Å². The molecular weight excluding hydrogens is 328 g/mol. The SMILES string of the molecule is O=Cc1c(OC(F)(F)F)cccc1-c1ccc(Cl)c(Cl)c1. The lowest BCUT2D eigenvalue weighted by molar-refractivity contribution is -0.274. The van der Waals surface area contributed by atoms with Gasteiger partial charge >= 0.3 is 6.36 Å². The van der Waals surface area contributed by atoms with E-state index in [9.17, 15) is 18.0 Å². The minimum Gasteiger partial charge on any atom is -0.405 e. The van der Waals surface area contributed by atoms with Crippen molar-refractivity contribution in [3.63, 3.8) is 0 Å². The highest BCUT2D eigenvalue weighted by molar-refractivity contribution is 6.42. The van der Waals surface area contributed by atoms with Crippen molar-refractivity contribution in [2.45, 2.75) is 6.36 Å². The predicted octanol–water partition coefficient (Wildman–Crippen LogP) is 5.37. The van der Waals surface area contributed by atoms with Crippen LogP contribution in [-0.2, 0) is 0 Å². The molecule has 0 radical (unpaired) electrons. The quantitative estimate of drug-likeness (QED) is 0.705. The first-order valence-corrected chi connectivity index (χ1v) is 6.37. The lowest BCUT2D eigenvalue weighted by Gasteiger charge is -2.13. The van der Waals surface area contributed by atoms with E-state index in [1.165, 1.54) is 24.3 Å². The smallest absolute Gasteiger partial charge is 0.405 e. The zero-order chi connectivity index (χ0) is 15.6. The highest BCUT2D eigenvalue weighted by atomic mass is 35.5. The number of rotatable bonds is 3. The van der Waals surface area contributed by atoms with E-state index < -0.39 is 12.1 Å². The maximum absolute atomic E-state index is 12.3. The van der Waals surface area contributed by atoms with Crippen LogP contribution in [0.15, 0.2) is 36.4 Å². The molecule has 0 amide bonds. The maximum Gasteiger partial charge on any atom is 0.573 e. The fraction of sp³-hybridized carbons (Fsp3) is 0.0714. The van der Waals surface area contributed by atoms with E-state index in [4.69, 9.17) is 23.2 Å². The molecule has 2 aromatic carbocycles. The molecule has 21 heavy (non-hydrogen) atoms. The van der Waals surface area contributed by atoms with E-state index in [0.717, 1.165) is 6.07 Å². The second kappa shape index (κ2) is 5.95. The minimum atomic E-state index is -4.88. The number of carbonyl (C=O) groups is 1. The van der Waals surface area contributed by atoms with E-state index in [1.807, 2.05) is 0 Å². The summed E-state index contributed by atoms with van der Waals surface area (Å²) in [6.45, 7) is 0. The maximum atomic E-state index is 12.3. The Labute approximate surface area is 128 Å². The average molecular weight is 335 g/mol. The molecule has 0 spiro atoms. The van der Waals surface area contributed by atoms with Gasteiger partial charge in [-0.15, -0.1) is 13.2 Å². The molecule has 2 aromatic rings. The van der Waals surface area contributed by atoms with Gasteiger partial charge in [-0.1, -0.05) is 41.4 Å². The molecule has 2 nitrogen and oxygen atoms in total. The van der Waals surface area contributed by atoms with Gasteiger partial charge in [-0.25, -0.2) is 0 Å². The van der Waals surface area contributed by atoms with Crippen LogP contribution in [0, 0.1) is 0 Å². The van der Waals surface area contributed by atoms with Crippen LogP contribution in [0.2, 0.25) is 10.0 Å². The Balaban J connectivity index is 2.56. The van der Waals surface area contributed by atoms with Crippen molar-refractivity contribution in [2.75, 3.05) is 0 Å². The van der Waals surface area contributed by atoms with Crippen LogP contribution in [0.4, 0.5) is 13.2 Å². The summed E-state index contributed by atoms with van der Waals surface area (Å²) in [5.74, 6) is -0.568. The highest BCUT2D eigenvalue weighted by Gasteiger charge is 2.32. The number of alkyl halides is 3. The molecule has 110 valence electrons. The van der Waals surface area contributed by atoms with E-state index in [1.54, 1.807) is 6.07 Å². The van der Waals surface area contributed by atoms with E-state index in [0.29, 0.717) is 16.9 Å². The standard InChI is InChI=1S/C14H7Cl2F3O2/c15-11-5-4-8(6-12(11)16)9-2-1-3-13(10(9)7-20)21-14(17,18)19/h1-7H. The summed E-state index contributed by atoms with van der Waals surface area (Å²) < 4.78 is 40.8. The first kappa shape index (κ1) is 15.7. The van der Waals surface area contributed by atoms with Gasteiger partial charge in [0.2, 0.25) is 0 Å². The molecule has 0 unspecified atom stereocenters. The zero-order valence-corrected chi connectivity index (χ0v) is 11.8. The van der Waals surface area contributed by atoms with Crippen molar-refractivity contribution in [3.8, 4) is 16.9 Å². The van der Waals surface area contributed by atoms with Crippen molar-refractivity contribution in [2.24, 2.45) is 0 Å². The fourth-order valence-corrected chi connectivity index (χ4v) is 2.09. The molecule has 0 N–H and O–H groups in total. The first-order valence-electron chi connectivity index (χ1n) is 5.61. The van der Waals surface area contributed by atoms with Gasteiger partial charge < -0.3 is 4.74 Å². The molecule has 0 heterocycles. The van der Waals surface area contributed by atoms with Crippen molar-refractivity contribution in [3.05, 3.63) is 52.0 Å². The van der Waals surface area contributed by atoms with Gasteiger partial charge in [-0.3, -0.25) is 4.79 Å². The predicted molar refractivity (Wildman–Crippen MR) is 74.0 cm³/mol. The number of hydrogen-bond acceptors (Lipinski definition) is 2. The number of carbonyl (C=O) groups excluding carboxylic acids is 1. The topological polar surface area (TPSA) is 26.3 Å². The third-order valence-electron chi connectivity index (χ3n) is 2.64. The van der Waals surface area contributed by atoms with Gasteiger partial charge in [0.25, 0.3) is 0 Å². The lowest BCUT2D eigenvalue weighted by Crippen LogP contribution is -2.18. The van der Waals surface area contributed by atoms with Gasteiger partial charge in [0.15, 0.2) is 6.29 Å². The van der Waals surface area contributed by atoms with Gasteiger partial charge in [0, 0.05) is 0 Å². The van der Waals surface area contributed by atoms with Crippen molar-refractivity contribution < 1.29 is 22.7 Å². The van der Waals surface area contributed by atoms with Crippen molar-refractivity contribution >= 4 is 29.5 Å². The molecule has 0 bridgehead atoms. The lowest BCUT2D eigenvalue weighted by atomic mass is 10.00. The van der Waals surface area contributed by atoms with Crippen molar-refractivity contribution in [1.29, 1.82) is 0 Å². The molecule has 0 aliphatic carbocycles. The molecule has 0 aromatic heterocycles. The van der Waals surface area contributed by atoms with Crippen LogP contribution >= 0.6 is 23.2 Å². The van der Waals surface area contributed by atoms with Crippen LogP contribution in [0.3, 0.4) is 0 Å². The number of aldehydes is 1. The van der Waals surface area contributed by atoms with E-state index >= 15 is 0 Å². The number of hydrogen-bond donors (Lipinski definition) is 0. The first-order chi connectivity index (χ1) is 9.81. The summed E-state index contributed by atoms with van der Waals surface area (Å²) in [7, 11) is 0. The Morgan fingerprint density at radius 3 is 2.33 bits per heavy atom. The summed E-state index contributed by atoms with van der Waals surface area (Å²) in [6.07, 6.45) is -4.58. The molecule has 0 atom stereocenters. The van der Waals surface area contributed by atoms with E-state index in [-0.39, 0.29) is 16.1 Å². The largest absolute Gasteiger partial charge is 0.573 e. The number of ether oxygens (including phenoxy) is 1. The van der Waals surface area contributed by atoms with Crippen molar-refractivity contribution in [1.82, 2.24) is 0 Å². The van der Waals surface area contributed by atoms with Gasteiger partial charge in [-0.05, 0) is 29.3 Å². The van der Waals surface area contributed by atoms with Crippen LogP contribution < -0.4 is 4.74 Å². The molecule has 0 aliphatic rings. The zero-order valence-electron chi connectivity index (χ0n) is 10.2. The molecule has 0 fully saturated rings. The fourth-order valence-electron chi connectivity index (χ4n) is 1.79. The molecule has 0 aliphatic heterocycles. The third-order valence-corrected chi connectivity index (χ3v) is 3.38. The Morgan fingerprint density at radius 1 is 1.05 bits per heavy atom. The molecule has 0 saturated carbocycles. The second-order valence-corrected chi connectivity index (χ2v) is 4.83. The second-order valence-electron chi connectivity index (χ2n) is 4.01. The van der Waals surface area contributed by atoms with Gasteiger partial charge in [-0.2, -0.15) is 0 Å². The molecular formula is C14H7Cl2F3O2. The molecule has 0 saturated heterocycles. The van der Waals surface area contributed by atoms with Crippen LogP contribution in [0.25, 0.3) is 11.1 Å². The minimum absolute atomic E-state index is 0.215. The Hall–Kier alpha value is -1.72. The summed E-state index contributed by atoms with van der Waals surface area (Å²) in [6, 6.07) is 8.42. The Kier molecular flexibility index (Phi) is 4.44. The highest BCUT2D eigenvalue weighted by Crippen LogP contribution is 2.35. The average Bonchev–Trinajstić information content (AvgIpc) is 2.40. The van der Waals surface area contributed by atoms with Gasteiger partial charge in [0.1, 0.15) is 5.75 Å². The number of halogens is 5. The van der Waals surface area contributed by atoms with Crippen LogP contribution in [0.1, 0.15) is 10.4 Å².